The maximum atomic E-state index is 12.4. The fourth-order valence-corrected chi connectivity index (χ4v) is 5.62. The van der Waals surface area contributed by atoms with Crippen LogP contribution in [0, 0.1) is 17.3 Å². The molecule has 2 aromatic rings. The Labute approximate surface area is 212 Å². The van der Waals surface area contributed by atoms with Crippen LogP contribution in [0.2, 0.25) is 0 Å². The zero-order valence-corrected chi connectivity index (χ0v) is 23.2. The van der Waals surface area contributed by atoms with Crippen molar-refractivity contribution in [2.75, 3.05) is 13.4 Å². The van der Waals surface area contributed by atoms with Gasteiger partial charge in [-0.25, -0.2) is 0 Å². The molecule has 7 nitrogen and oxygen atoms in total. The molecule has 1 saturated carbocycles. The van der Waals surface area contributed by atoms with Crippen LogP contribution >= 0.6 is 18.1 Å². The van der Waals surface area contributed by atoms with E-state index in [0.29, 0.717) is 0 Å². The van der Waals surface area contributed by atoms with E-state index in [4.69, 9.17) is 9.15 Å². The minimum Gasteiger partial charge on any atom is -0.469 e. The number of nitrogens with one attached hydrogen (secondary N) is 1. The molecule has 0 radical (unpaired) electrons. The number of carbonyl (C=O) groups excluding carboxylic acids is 2. The van der Waals surface area contributed by atoms with Crippen molar-refractivity contribution in [2.24, 2.45) is 17.3 Å². The molecular weight excluding hydrogens is 485 g/mol. The van der Waals surface area contributed by atoms with Crippen LogP contribution in [0.15, 0.2) is 58.7 Å². The lowest BCUT2D eigenvalue weighted by Gasteiger charge is -2.11. The largest absolute Gasteiger partial charge is 0.469 e. The molecule has 35 heavy (non-hydrogen) atoms. The van der Waals surface area contributed by atoms with E-state index in [2.05, 4.69) is 55.5 Å². The SMILES string of the molecule is CC(C)=CC1C(C(=O)OCc2coc(Cc3ccccc3)c2)C1(C)C.COP(=O)(NC(C)=O)SC. The minimum absolute atomic E-state index is 0.0107. The average Bonchev–Trinajstić information content (AvgIpc) is 3.09. The van der Waals surface area contributed by atoms with Crippen LogP contribution in [-0.2, 0) is 36.4 Å². The summed E-state index contributed by atoms with van der Waals surface area (Å²) >= 11 is 1.00. The highest BCUT2D eigenvalue weighted by Gasteiger charge is 2.61. The zero-order valence-electron chi connectivity index (χ0n) is 21.5. The standard InChI is InChI=1S/C22H26O3.C4H10NO3PS/c1-15(2)10-19-20(22(19,3)4)21(23)25-14-17-12-18(24-13-17)11-16-8-6-5-7-9-16;1-4(6)5-9(7,8-2)10-3/h5-10,12-13,19-20H,11,14H2,1-4H3;1-3H3,(H,5,6,7). The van der Waals surface area contributed by atoms with Gasteiger partial charge in [0.1, 0.15) is 12.4 Å². The molecule has 3 rings (SSSR count). The third-order valence-electron chi connectivity index (χ3n) is 5.76. The maximum Gasteiger partial charge on any atom is 0.352 e. The van der Waals surface area contributed by atoms with E-state index < -0.39 is 6.72 Å². The highest BCUT2D eigenvalue weighted by Crippen LogP contribution is 2.59. The first-order chi connectivity index (χ1) is 16.4. The predicted molar refractivity (Wildman–Crippen MR) is 140 cm³/mol. The molecule has 1 aromatic heterocycles. The fraction of sp³-hybridized carbons (Fsp3) is 0.462. The molecule has 3 atom stereocenters. The van der Waals surface area contributed by atoms with Crippen LogP contribution in [0.1, 0.15) is 51.5 Å². The molecule has 3 unspecified atom stereocenters. The summed E-state index contributed by atoms with van der Waals surface area (Å²) in [6.07, 6.45) is 6.21. The first-order valence-electron chi connectivity index (χ1n) is 11.3. The summed E-state index contributed by atoms with van der Waals surface area (Å²) in [5.41, 5.74) is 3.33. The van der Waals surface area contributed by atoms with E-state index in [1.54, 1.807) is 12.5 Å². The second kappa shape index (κ2) is 12.6. The molecule has 0 spiro atoms. The number of esters is 1. The van der Waals surface area contributed by atoms with Gasteiger partial charge < -0.3 is 13.7 Å². The van der Waals surface area contributed by atoms with Crippen LogP contribution < -0.4 is 5.09 Å². The topological polar surface area (TPSA) is 94.8 Å². The Hall–Kier alpha value is -2.28. The van der Waals surface area contributed by atoms with Crippen molar-refractivity contribution < 1.29 is 27.8 Å². The minimum atomic E-state index is -2.92. The number of hydrogen-bond acceptors (Lipinski definition) is 7. The van der Waals surface area contributed by atoms with E-state index in [-0.39, 0.29) is 35.7 Å². The number of furan rings is 1. The highest BCUT2D eigenvalue weighted by atomic mass is 32.7. The molecule has 1 fully saturated rings. The Morgan fingerprint density at radius 3 is 2.34 bits per heavy atom. The van der Waals surface area contributed by atoms with Crippen molar-refractivity contribution in [3.8, 4) is 0 Å². The molecule has 1 aliphatic rings. The van der Waals surface area contributed by atoms with E-state index in [0.717, 1.165) is 29.1 Å². The Kier molecular flexibility index (Phi) is 10.4. The zero-order chi connectivity index (χ0) is 26.2. The van der Waals surface area contributed by atoms with Crippen LogP contribution in [0.25, 0.3) is 0 Å². The van der Waals surface area contributed by atoms with Gasteiger partial charge in [-0.15, -0.1) is 0 Å². The summed E-state index contributed by atoms with van der Waals surface area (Å²) in [4.78, 5) is 22.8. The molecule has 1 heterocycles. The number of carbonyl (C=O) groups is 2. The summed E-state index contributed by atoms with van der Waals surface area (Å²) in [5, 5.41) is 2.21. The number of rotatable bonds is 9. The van der Waals surface area contributed by atoms with E-state index in [9.17, 15) is 14.2 Å². The predicted octanol–water partition coefficient (Wildman–Crippen LogP) is 6.39. The van der Waals surface area contributed by atoms with Gasteiger partial charge in [-0.2, -0.15) is 0 Å². The highest BCUT2D eigenvalue weighted by molar-refractivity contribution is 8.55. The van der Waals surface area contributed by atoms with Gasteiger partial charge in [-0.3, -0.25) is 19.2 Å². The van der Waals surface area contributed by atoms with Gasteiger partial charge in [-0.05, 0) is 43.1 Å². The molecule has 1 N–H and O–H groups in total. The fourth-order valence-electron chi connectivity index (χ4n) is 3.79. The van der Waals surface area contributed by atoms with Crippen molar-refractivity contribution in [1.29, 1.82) is 0 Å². The molecule has 1 amide bonds. The second-order valence-corrected chi connectivity index (χ2v) is 13.8. The summed E-state index contributed by atoms with van der Waals surface area (Å²) in [6.45, 7) is 7.02. The molecule has 0 aliphatic heterocycles. The Bertz CT molecular complexity index is 1070. The van der Waals surface area contributed by atoms with Crippen molar-refractivity contribution >= 4 is 30.0 Å². The lowest BCUT2D eigenvalue weighted by molar-refractivity contribution is -0.147. The first-order valence-corrected chi connectivity index (χ1v) is 14.8. The molecule has 0 saturated heterocycles. The summed E-state index contributed by atoms with van der Waals surface area (Å²) in [6, 6.07) is 12.1. The summed E-state index contributed by atoms with van der Waals surface area (Å²) < 4.78 is 26.9. The number of hydrogen-bond donors (Lipinski definition) is 1. The number of allylic oxidation sites excluding steroid dienone is 2. The van der Waals surface area contributed by atoms with Crippen molar-refractivity contribution in [3.63, 3.8) is 0 Å². The van der Waals surface area contributed by atoms with Crippen molar-refractivity contribution in [3.05, 3.63) is 71.2 Å². The third kappa shape index (κ3) is 8.71. The average molecular weight is 522 g/mol. The summed E-state index contributed by atoms with van der Waals surface area (Å²) in [7, 11) is 1.30. The maximum absolute atomic E-state index is 12.4. The van der Waals surface area contributed by atoms with Crippen LogP contribution in [0.3, 0.4) is 0 Å². The van der Waals surface area contributed by atoms with E-state index in [1.165, 1.54) is 25.2 Å². The first kappa shape index (κ1) is 29.0. The van der Waals surface area contributed by atoms with Gasteiger partial charge in [0.2, 0.25) is 5.91 Å². The number of amides is 1. The van der Waals surface area contributed by atoms with Crippen molar-refractivity contribution in [2.45, 2.75) is 47.6 Å². The lowest BCUT2D eigenvalue weighted by Crippen LogP contribution is -2.15. The van der Waals surface area contributed by atoms with Gasteiger partial charge in [0.05, 0.1) is 12.2 Å². The number of ether oxygens (including phenoxy) is 1. The molecular formula is C26H36NO6PS. The van der Waals surface area contributed by atoms with Gasteiger partial charge in [0.15, 0.2) is 0 Å². The number of benzene rings is 1. The van der Waals surface area contributed by atoms with Crippen LogP contribution in [0.5, 0.6) is 0 Å². The molecule has 0 bridgehead atoms. The Balaban J connectivity index is 0.000000367. The quantitative estimate of drug-likeness (QED) is 0.232. The smallest absolute Gasteiger partial charge is 0.352 e. The normalized spacial score (nSPS) is 19.4. The Morgan fingerprint density at radius 1 is 1.17 bits per heavy atom. The molecule has 1 aliphatic carbocycles. The van der Waals surface area contributed by atoms with Gasteiger partial charge in [-0.1, -0.05) is 67.2 Å². The van der Waals surface area contributed by atoms with Crippen LogP contribution in [-0.4, -0.2) is 25.2 Å². The second-order valence-electron chi connectivity index (χ2n) is 9.29. The Morgan fingerprint density at radius 2 is 1.83 bits per heavy atom. The van der Waals surface area contributed by atoms with Crippen molar-refractivity contribution in [1.82, 2.24) is 5.09 Å². The van der Waals surface area contributed by atoms with Gasteiger partial charge in [0, 0.05) is 26.0 Å². The lowest BCUT2D eigenvalue weighted by atomic mass is 10.1. The van der Waals surface area contributed by atoms with E-state index in [1.807, 2.05) is 24.3 Å². The monoisotopic (exact) mass is 521 g/mol. The summed E-state index contributed by atoms with van der Waals surface area (Å²) in [5.74, 6) is 0.658. The van der Waals surface area contributed by atoms with Gasteiger partial charge in [0.25, 0.3) is 0 Å². The van der Waals surface area contributed by atoms with Crippen LogP contribution in [0.4, 0.5) is 0 Å². The van der Waals surface area contributed by atoms with E-state index >= 15 is 0 Å². The third-order valence-corrected chi connectivity index (χ3v) is 9.48. The molecule has 1 aromatic carbocycles. The molecule has 9 heteroatoms. The van der Waals surface area contributed by atoms with Gasteiger partial charge >= 0.3 is 12.7 Å². The molecule has 192 valence electrons.